The molecule has 1 N–H and O–H groups in total. The van der Waals surface area contributed by atoms with Crippen LogP contribution in [-0.4, -0.2) is 48.0 Å². The lowest BCUT2D eigenvalue weighted by atomic mass is 10.1. The summed E-state index contributed by atoms with van der Waals surface area (Å²) in [4.78, 5) is 11.7. The van der Waals surface area contributed by atoms with E-state index in [4.69, 9.17) is 14.2 Å². The first-order valence-corrected chi connectivity index (χ1v) is 8.30. The molecular formula is C15H30BrNO4. The van der Waals surface area contributed by atoms with Gasteiger partial charge in [-0.05, 0) is 48.5 Å². The summed E-state index contributed by atoms with van der Waals surface area (Å²) >= 11 is 3.42. The van der Waals surface area contributed by atoms with E-state index in [1.54, 1.807) is 0 Å². The number of alkyl halides is 1. The van der Waals surface area contributed by atoms with Crippen LogP contribution in [0.3, 0.4) is 0 Å². The van der Waals surface area contributed by atoms with Gasteiger partial charge in [-0.15, -0.1) is 0 Å². The second-order valence-electron chi connectivity index (χ2n) is 7.25. The van der Waals surface area contributed by atoms with E-state index in [0.717, 1.165) is 0 Å². The van der Waals surface area contributed by atoms with Gasteiger partial charge in [-0.25, -0.2) is 4.79 Å². The molecule has 0 aliphatic heterocycles. The number of hydrogen-bond acceptors (Lipinski definition) is 4. The lowest BCUT2D eigenvalue weighted by Crippen LogP contribution is -2.46. The average Bonchev–Trinajstić information content (AvgIpc) is 2.29. The molecule has 0 aliphatic carbocycles. The standard InChI is InChI=1S/C15H30BrNO4/c1-13(2,3)19-8-9-20-15(7,10-16)11-17-12(18)21-14(4,5)6/h8-11H2,1-7H3,(H,17,18). The van der Waals surface area contributed by atoms with Crippen molar-refractivity contribution in [2.24, 2.45) is 0 Å². The second kappa shape index (κ2) is 8.34. The molecule has 5 nitrogen and oxygen atoms in total. The Bertz CT molecular complexity index is 323. The zero-order valence-electron chi connectivity index (χ0n) is 14.3. The maximum absolute atomic E-state index is 11.7. The lowest BCUT2D eigenvalue weighted by molar-refractivity contribution is -0.0753. The van der Waals surface area contributed by atoms with Gasteiger partial charge in [0.1, 0.15) is 5.60 Å². The fraction of sp³-hybridized carbons (Fsp3) is 0.933. The van der Waals surface area contributed by atoms with Crippen LogP contribution >= 0.6 is 15.9 Å². The molecule has 6 heteroatoms. The van der Waals surface area contributed by atoms with Gasteiger partial charge in [0.15, 0.2) is 0 Å². The zero-order chi connectivity index (χ0) is 16.7. The zero-order valence-corrected chi connectivity index (χ0v) is 15.9. The van der Waals surface area contributed by atoms with E-state index in [9.17, 15) is 4.79 Å². The molecule has 126 valence electrons. The quantitative estimate of drug-likeness (QED) is 0.552. The SMILES string of the molecule is CC(C)(C)OCCOC(C)(CBr)CNC(=O)OC(C)(C)C. The minimum absolute atomic E-state index is 0.178. The van der Waals surface area contributed by atoms with Crippen molar-refractivity contribution in [3.63, 3.8) is 0 Å². The molecule has 0 fully saturated rings. The number of nitrogens with one attached hydrogen (secondary N) is 1. The normalized spacial score (nSPS) is 15.4. The molecule has 1 atom stereocenters. The van der Waals surface area contributed by atoms with E-state index in [0.29, 0.717) is 25.1 Å². The Morgan fingerprint density at radius 1 is 0.952 bits per heavy atom. The van der Waals surface area contributed by atoms with Crippen LogP contribution in [0.2, 0.25) is 0 Å². The van der Waals surface area contributed by atoms with E-state index < -0.39 is 17.3 Å². The van der Waals surface area contributed by atoms with Crippen molar-refractivity contribution in [1.82, 2.24) is 5.32 Å². The fourth-order valence-electron chi connectivity index (χ4n) is 1.35. The Balaban J connectivity index is 4.13. The fourth-order valence-corrected chi connectivity index (χ4v) is 1.71. The Labute approximate surface area is 137 Å². The molecule has 1 unspecified atom stereocenters. The smallest absolute Gasteiger partial charge is 0.407 e. The number of carbonyl (C=O) groups is 1. The molecule has 21 heavy (non-hydrogen) atoms. The first kappa shape index (κ1) is 20.7. The van der Waals surface area contributed by atoms with Crippen molar-refractivity contribution in [3.8, 4) is 0 Å². The van der Waals surface area contributed by atoms with Crippen LogP contribution in [0.15, 0.2) is 0 Å². The summed E-state index contributed by atoms with van der Waals surface area (Å²) in [7, 11) is 0. The first-order valence-electron chi connectivity index (χ1n) is 7.18. The summed E-state index contributed by atoms with van der Waals surface area (Å²) in [6.45, 7) is 14.8. The minimum atomic E-state index is -0.504. The van der Waals surface area contributed by atoms with Gasteiger partial charge in [-0.1, -0.05) is 15.9 Å². The van der Waals surface area contributed by atoms with Gasteiger partial charge in [-0.3, -0.25) is 0 Å². The topological polar surface area (TPSA) is 56.8 Å². The van der Waals surface area contributed by atoms with Crippen molar-refractivity contribution in [2.75, 3.05) is 25.1 Å². The molecular weight excluding hydrogens is 338 g/mol. The molecule has 0 saturated carbocycles. The number of halogens is 1. The summed E-state index contributed by atoms with van der Waals surface area (Å²) < 4.78 is 16.6. The summed E-state index contributed by atoms with van der Waals surface area (Å²) in [5.41, 5.74) is -1.18. The van der Waals surface area contributed by atoms with Gasteiger partial charge in [0.05, 0.1) is 31.0 Å². The van der Waals surface area contributed by atoms with Crippen LogP contribution in [0.25, 0.3) is 0 Å². The van der Waals surface area contributed by atoms with E-state index in [-0.39, 0.29) is 5.60 Å². The number of rotatable bonds is 7. The van der Waals surface area contributed by atoms with E-state index in [2.05, 4.69) is 21.2 Å². The van der Waals surface area contributed by atoms with E-state index in [1.807, 2.05) is 48.5 Å². The molecule has 0 aromatic heterocycles. The average molecular weight is 368 g/mol. The highest BCUT2D eigenvalue weighted by atomic mass is 79.9. The number of carbonyl (C=O) groups excluding carboxylic acids is 1. The van der Waals surface area contributed by atoms with Crippen molar-refractivity contribution in [2.45, 2.75) is 65.3 Å². The van der Waals surface area contributed by atoms with E-state index in [1.165, 1.54) is 0 Å². The molecule has 0 aromatic carbocycles. The molecule has 0 radical (unpaired) electrons. The predicted molar refractivity (Wildman–Crippen MR) is 88.1 cm³/mol. The number of amides is 1. The Morgan fingerprint density at radius 2 is 1.48 bits per heavy atom. The maximum atomic E-state index is 11.7. The van der Waals surface area contributed by atoms with Crippen molar-refractivity contribution >= 4 is 22.0 Å². The Kier molecular flexibility index (Phi) is 8.21. The first-order chi connectivity index (χ1) is 9.37. The van der Waals surface area contributed by atoms with E-state index >= 15 is 0 Å². The highest BCUT2D eigenvalue weighted by Crippen LogP contribution is 2.14. The van der Waals surface area contributed by atoms with Gasteiger partial charge in [0, 0.05) is 5.33 Å². The Morgan fingerprint density at radius 3 is 1.90 bits per heavy atom. The van der Waals surface area contributed by atoms with Gasteiger partial charge in [0.2, 0.25) is 0 Å². The van der Waals surface area contributed by atoms with Crippen molar-refractivity contribution in [3.05, 3.63) is 0 Å². The summed E-state index contributed by atoms with van der Waals surface area (Å²) in [5.74, 6) is 0. The molecule has 0 saturated heterocycles. The molecule has 0 heterocycles. The minimum Gasteiger partial charge on any atom is -0.444 e. The van der Waals surface area contributed by atoms with Gasteiger partial charge >= 0.3 is 6.09 Å². The number of alkyl carbamates (subject to hydrolysis) is 1. The monoisotopic (exact) mass is 367 g/mol. The van der Waals surface area contributed by atoms with Gasteiger partial charge in [-0.2, -0.15) is 0 Å². The molecule has 1 amide bonds. The van der Waals surface area contributed by atoms with Crippen LogP contribution in [-0.2, 0) is 14.2 Å². The number of ether oxygens (including phenoxy) is 3. The largest absolute Gasteiger partial charge is 0.444 e. The van der Waals surface area contributed by atoms with Crippen LogP contribution in [0.4, 0.5) is 4.79 Å². The maximum Gasteiger partial charge on any atom is 0.407 e. The second-order valence-corrected chi connectivity index (χ2v) is 7.81. The summed E-state index contributed by atoms with van der Waals surface area (Å²) in [6, 6.07) is 0. The molecule has 0 rings (SSSR count). The third kappa shape index (κ3) is 12.0. The van der Waals surface area contributed by atoms with Crippen LogP contribution in [0.1, 0.15) is 48.5 Å². The highest BCUT2D eigenvalue weighted by Gasteiger charge is 2.26. The van der Waals surface area contributed by atoms with Crippen LogP contribution in [0.5, 0.6) is 0 Å². The number of hydrogen-bond donors (Lipinski definition) is 1. The third-order valence-corrected chi connectivity index (χ3v) is 3.54. The van der Waals surface area contributed by atoms with Crippen molar-refractivity contribution < 1.29 is 19.0 Å². The molecule has 0 bridgehead atoms. The molecule has 0 aliphatic rings. The van der Waals surface area contributed by atoms with Crippen LogP contribution < -0.4 is 5.32 Å². The predicted octanol–water partition coefficient (Wildman–Crippen LogP) is 3.50. The summed E-state index contributed by atoms with van der Waals surface area (Å²) in [5, 5.41) is 3.33. The highest BCUT2D eigenvalue weighted by molar-refractivity contribution is 9.09. The summed E-state index contributed by atoms with van der Waals surface area (Å²) in [6.07, 6.45) is -0.441. The van der Waals surface area contributed by atoms with Crippen molar-refractivity contribution in [1.29, 1.82) is 0 Å². The van der Waals surface area contributed by atoms with Gasteiger partial charge in [0.25, 0.3) is 0 Å². The third-order valence-electron chi connectivity index (χ3n) is 2.36. The molecule has 0 aromatic rings. The van der Waals surface area contributed by atoms with Crippen LogP contribution in [0, 0.1) is 0 Å². The lowest BCUT2D eigenvalue weighted by Gasteiger charge is -2.29. The Hall–Kier alpha value is -0.330. The van der Waals surface area contributed by atoms with Gasteiger partial charge < -0.3 is 19.5 Å². The molecule has 0 spiro atoms.